The summed E-state index contributed by atoms with van der Waals surface area (Å²) in [7, 11) is 0. The molecule has 5 rings (SSSR count). The average Bonchev–Trinajstić information content (AvgIpc) is 3.58. The second kappa shape index (κ2) is 10.1. The number of carboxylic acid groups (broad SMARTS) is 1. The lowest BCUT2D eigenvalue weighted by Crippen LogP contribution is -2.21. The molecule has 0 saturated heterocycles. The summed E-state index contributed by atoms with van der Waals surface area (Å²) in [6, 6.07) is 14.7. The minimum absolute atomic E-state index is 0.248. The topological polar surface area (TPSA) is 134 Å². The van der Waals surface area contributed by atoms with Gasteiger partial charge in [0.05, 0.1) is 35.4 Å². The number of amides is 1. The number of H-pyrrole nitrogens is 1. The Kier molecular flexibility index (Phi) is 6.77. The monoisotopic (exact) mass is 495 g/mol. The number of anilines is 1. The van der Waals surface area contributed by atoms with Gasteiger partial charge in [0.1, 0.15) is 5.69 Å². The van der Waals surface area contributed by atoms with E-state index in [1.54, 1.807) is 55.3 Å². The SMILES string of the molecule is O=C(Nc1cccnc1)c1cc(-c2ccco2)nc2ccc(-c3cn[nH]c3)cc12.O=C(O)C(F)(F)F. The van der Waals surface area contributed by atoms with Crippen molar-refractivity contribution < 1.29 is 32.3 Å². The minimum Gasteiger partial charge on any atom is -0.475 e. The van der Waals surface area contributed by atoms with E-state index in [4.69, 9.17) is 14.3 Å². The molecule has 1 aromatic carbocycles. The summed E-state index contributed by atoms with van der Waals surface area (Å²) >= 11 is 0. The summed E-state index contributed by atoms with van der Waals surface area (Å²) < 4.78 is 37.2. The van der Waals surface area contributed by atoms with Crippen LogP contribution in [0.1, 0.15) is 10.4 Å². The Hall–Kier alpha value is -5.00. The summed E-state index contributed by atoms with van der Waals surface area (Å²) in [6.45, 7) is 0. The molecule has 0 aliphatic carbocycles. The number of hydrogen-bond donors (Lipinski definition) is 3. The molecule has 0 aliphatic heterocycles. The Morgan fingerprint density at radius 1 is 1.03 bits per heavy atom. The fraction of sp³-hybridized carbons (Fsp3) is 0.0417. The van der Waals surface area contributed by atoms with Gasteiger partial charge in [-0.3, -0.25) is 14.9 Å². The zero-order valence-corrected chi connectivity index (χ0v) is 18.2. The van der Waals surface area contributed by atoms with Crippen molar-refractivity contribution in [3.8, 4) is 22.6 Å². The van der Waals surface area contributed by atoms with Gasteiger partial charge in [-0.15, -0.1) is 0 Å². The van der Waals surface area contributed by atoms with Crippen molar-refractivity contribution in [3.05, 3.63) is 85.1 Å². The Labute approximate surface area is 200 Å². The van der Waals surface area contributed by atoms with Gasteiger partial charge in [-0.05, 0) is 48.0 Å². The number of fused-ring (bicyclic) bond motifs is 1. The first-order valence-corrected chi connectivity index (χ1v) is 10.2. The van der Waals surface area contributed by atoms with Crippen LogP contribution in [-0.4, -0.2) is 43.3 Å². The molecular formula is C24H16F3N5O4. The van der Waals surface area contributed by atoms with E-state index in [0.29, 0.717) is 28.2 Å². The zero-order valence-electron chi connectivity index (χ0n) is 18.2. The molecule has 1 amide bonds. The van der Waals surface area contributed by atoms with Gasteiger partial charge in [0.15, 0.2) is 5.76 Å². The van der Waals surface area contributed by atoms with Crippen LogP contribution in [0, 0.1) is 0 Å². The van der Waals surface area contributed by atoms with E-state index >= 15 is 0 Å². The summed E-state index contributed by atoms with van der Waals surface area (Å²) in [6.07, 6.45) is 3.30. The van der Waals surface area contributed by atoms with E-state index in [2.05, 4.69) is 25.5 Å². The fourth-order valence-corrected chi connectivity index (χ4v) is 3.19. The number of nitrogens with one attached hydrogen (secondary N) is 2. The summed E-state index contributed by atoms with van der Waals surface area (Å²) in [4.78, 5) is 30.8. The molecule has 0 radical (unpaired) electrons. The summed E-state index contributed by atoms with van der Waals surface area (Å²) in [5, 5.41) is 17.6. The quantitative estimate of drug-likeness (QED) is 0.313. The van der Waals surface area contributed by atoms with Crippen LogP contribution in [0.15, 0.2) is 84.0 Å². The first-order chi connectivity index (χ1) is 17.2. The first-order valence-electron chi connectivity index (χ1n) is 10.2. The van der Waals surface area contributed by atoms with Crippen LogP contribution < -0.4 is 5.32 Å². The standard InChI is InChI=1S/C22H15N5O2.C2HF3O2/c28-22(26-16-3-1-7-23-13-16)18-10-20(21-4-2-8-29-21)27-19-6-5-14(9-17(18)19)15-11-24-25-12-15;3-2(4,5)1(6)7/h1-13H,(H,24,25)(H,26,28);(H,6,7). The molecule has 0 fully saturated rings. The largest absolute Gasteiger partial charge is 0.490 e. The number of carbonyl (C=O) groups is 2. The van der Waals surface area contributed by atoms with Crippen molar-refractivity contribution >= 4 is 28.5 Å². The van der Waals surface area contributed by atoms with Crippen LogP contribution >= 0.6 is 0 Å². The Morgan fingerprint density at radius 3 is 2.44 bits per heavy atom. The number of halogens is 3. The molecule has 0 atom stereocenters. The third-order valence-corrected chi connectivity index (χ3v) is 4.82. The number of benzene rings is 1. The molecule has 0 unspecified atom stereocenters. The number of aromatic amines is 1. The molecule has 0 bridgehead atoms. The highest BCUT2D eigenvalue weighted by Crippen LogP contribution is 2.29. The lowest BCUT2D eigenvalue weighted by atomic mass is 10.0. The van der Waals surface area contributed by atoms with Gasteiger partial charge in [-0.25, -0.2) is 9.78 Å². The van der Waals surface area contributed by atoms with E-state index in [1.807, 2.05) is 24.3 Å². The predicted octanol–water partition coefficient (Wildman–Crippen LogP) is 5.17. The van der Waals surface area contributed by atoms with Crippen molar-refractivity contribution in [2.45, 2.75) is 6.18 Å². The normalized spacial score (nSPS) is 11.0. The number of pyridine rings is 2. The first kappa shape index (κ1) is 24.1. The lowest BCUT2D eigenvalue weighted by Gasteiger charge is -2.11. The molecule has 4 heterocycles. The number of aromatic nitrogens is 4. The maximum absolute atomic E-state index is 13.1. The average molecular weight is 495 g/mol. The Balaban J connectivity index is 0.000000384. The van der Waals surface area contributed by atoms with Crippen LogP contribution in [-0.2, 0) is 4.79 Å². The van der Waals surface area contributed by atoms with Gasteiger partial charge < -0.3 is 14.8 Å². The van der Waals surface area contributed by atoms with E-state index < -0.39 is 12.1 Å². The molecule has 9 nitrogen and oxygen atoms in total. The van der Waals surface area contributed by atoms with Gasteiger partial charge in [-0.1, -0.05) is 6.07 Å². The zero-order chi connectivity index (χ0) is 25.7. The number of rotatable bonds is 4. The minimum atomic E-state index is -5.08. The predicted molar refractivity (Wildman–Crippen MR) is 123 cm³/mol. The maximum Gasteiger partial charge on any atom is 0.490 e. The van der Waals surface area contributed by atoms with Gasteiger partial charge in [0.25, 0.3) is 5.91 Å². The summed E-state index contributed by atoms with van der Waals surface area (Å²) in [5.74, 6) is -2.41. The molecule has 3 N–H and O–H groups in total. The molecule has 5 aromatic rings. The van der Waals surface area contributed by atoms with Crippen molar-refractivity contribution in [2.24, 2.45) is 0 Å². The number of furan rings is 1. The number of hydrogen-bond acceptors (Lipinski definition) is 6. The molecule has 0 spiro atoms. The number of nitrogens with zero attached hydrogens (tertiary/aromatic N) is 3. The molecule has 4 aromatic heterocycles. The van der Waals surface area contributed by atoms with Gasteiger partial charge in [-0.2, -0.15) is 18.3 Å². The fourth-order valence-electron chi connectivity index (χ4n) is 3.19. The van der Waals surface area contributed by atoms with Crippen molar-refractivity contribution in [3.63, 3.8) is 0 Å². The summed E-state index contributed by atoms with van der Waals surface area (Å²) in [5.41, 5.74) is 4.27. The third kappa shape index (κ3) is 5.55. The molecule has 36 heavy (non-hydrogen) atoms. The highest BCUT2D eigenvalue weighted by Gasteiger charge is 2.38. The van der Waals surface area contributed by atoms with E-state index in [1.165, 1.54) is 0 Å². The number of carboxylic acids is 1. The smallest absolute Gasteiger partial charge is 0.475 e. The van der Waals surface area contributed by atoms with Crippen LogP contribution in [0.2, 0.25) is 0 Å². The Bertz CT molecular complexity index is 1490. The second-order valence-electron chi connectivity index (χ2n) is 7.25. The van der Waals surface area contributed by atoms with Crippen LogP contribution in [0.4, 0.5) is 18.9 Å². The van der Waals surface area contributed by atoms with E-state index in [9.17, 15) is 18.0 Å². The lowest BCUT2D eigenvalue weighted by molar-refractivity contribution is -0.192. The molecule has 12 heteroatoms. The van der Waals surface area contributed by atoms with Crippen molar-refractivity contribution in [1.82, 2.24) is 20.2 Å². The van der Waals surface area contributed by atoms with E-state index in [0.717, 1.165) is 16.5 Å². The van der Waals surface area contributed by atoms with E-state index in [-0.39, 0.29) is 5.91 Å². The number of carbonyl (C=O) groups excluding carboxylic acids is 1. The molecule has 182 valence electrons. The van der Waals surface area contributed by atoms with Crippen molar-refractivity contribution in [2.75, 3.05) is 5.32 Å². The van der Waals surface area contributed by atoms with Gasteiger partial charge >= 0.3 is 12.1 Å². The Morgan fingerprint density at radius 2 is 1.83 bits per heavy atom. The van der Waals surface area contributed by atoms with Gasteiger partial charge in [0, 0.05) is 23.3 Å². The van der Waals surface area contributed by atoms with Gasteiger partial charge in [0.2, 0.25) is 0 Å². The number of aliphatic carboxylic acids is 1. The second-order valence-corrected chi connectivity index (χ2v) is 7.25. The van der Waals surface area contributed by atoms with Crippen molar-refractivity contribution in [1.29, 1.82) is 0 Å². The number of alkyl halides is 3. The molecule has 0 saturated carbocycles. The maximum atomic E-state index is 13.1. The third-order valence-electron chi connectivity index (χ3n) is 4.82. The highest BCUT2D eigenvalue weighted by molar-refractivity contribution is 6.13. The van der Waals surface area contributed by atoms with Crippen LogP contribution in [0.3, 0.4) is 0 Å². The van der Waals surface area contributed by atoms with Crippen LogP contribution in [0.5, 0.6) is 0 Å². The molecule has 0 aliphatic rings. The van der Waals surface area contributed by atoms with Crippen LogP contribution in [0.25, 0.3) is 33.5 Å². The molecular weight excluding hydrogens is 479 g/mol. The highest BCUT2D eigenvalue weighted by atomic mass is 19.4.